The van der Waals surface area contributed by atoms with Crippen LogP contribution in [0.15, 0.2) is 54.6 Å². The molecule has 0 unspecified atom stereocenters. The first-order valence-electron chi connectivity index (χ1n) is 7.86. The van der Waals surface area contributed by atoms with E-state index in [0.29, 0.717) is 16.6 Å². The van der Waals surface area contributed by atoms with E-state index >= 15 is 0 Å². The minimum absolute atomic E-state index is 0.0910. The van der Waals surface area contributed by atoms with Gasteiger partial charge in [0.05, 0.1) is 24.2 Å². The first kappa shape index (κ1) is 16.6. The molecule has 0 aliphatic carbocycles. The Labute approximate surface area is 144 Å². The van der Waals surface area contributed by atoms with E-state index in [4.69, 9.17) is 4.74 Å². The van der Waals surface area contributed by atoms with Crippen LogP contribution >= 0.6 is 0 Å². The molecule has 0 atom stereocenters. The van der Waals surface area contributed by atoms with Crippen molar-refractivity contribution in [3.8, 4) is 0 Å². The fourth-order valence-corrected chi connectivity index (χ4v) is 2.56. The molecule has 126 valence electrons. The van der Waals surface area contributed by atoms with Crippen molar-refractivity contribution in [2.45, 2.75) is 13.5 Å². The molecule has 0 aliphatic rings. The molecule has 0 radical (unpaired) electrons. The highest BCUT2D eigenvalue weighted by Crippen LogP contribution is 2.18. The van der Waals surface area contributed by atoms with Crippen LogP contribution in [0.1, 0.15) is 27.9 Å². The van der Waals surface area contributed by atoms with Crippen molar-refractivity contribution >= 4 is 28.6 Å². The Morgan fingerprint density at radius 2 is 1.68 bits per heavy atom. The summed E-state index contributed by atoms with van der Waals surface area (Å²) in [5, 5.41) is 0. The van der Waals surface area contributed by atoms with Gasteiger partial charge in [0.25, 0.3) is 0 Å². The zero-order valence-corrected chi connectivity index (χ0v) is 13.6. The molecule has 0 amide bonds. The van der Waals surface area contributed by atoms with Gasteiger partial charge in [0, 0.05) is 5.56 Å². The summed E-state index contributed by atoms with van der Waals surface area (Å²) in [6.07, 6.45) is 0. The lowest BCUT2D eigenvalue weighted by Crippen LogP contribution is -2.23. The number of para-hydroxylation sites is 2. The van der Waals surface area contributed by atoms with Gasteiger partial charge in [-0.2, -0.15) is 0 Å². The van der Waals surface area contributed by atoms with E-state index < -0.39 is 11.8 Å². The lowest BCUT2D eigenvalue weighted by atomic mass is 10.1. The van der Waals surface area contributed by atoms with E-state index in [0.717, 1.165) is 0 Å². The van der Waals surface area contributed by atoms with Crippen LogP contribution in [0, 0.1) is 0 Å². The van der Waals surface area contributed by atoms with Crippen molar-refractivity contribution < 1.29 is 19.1 Å². The number of imidazole rings is 1. The molecule has 1 aromatic heterocycles. The monoisotopic (exact) mass is 336 g/mol. The van der Waals surface area contributed by atoms with Crippen molar-refractivity contribution in [1.29, 1.82) is 0 Å². The number of carbonyl (C=O) groups is 3. The summed E-state index contributed by atoms with van der Waals surface area (Å²) in [7, 11) is 0. The van der Waals surface area contributed by atoms with Gasteiger partial charge in [0.2, 0.25) is 0 Å². The zero-order chi connectivity index (χ0) is 17.8. The van der Waals surface area contributed by atoms with Crippen LogP contribution in [0.2, 0.25) is 0 Å². The second-order valence-corrected chi connectivity index (χ2v) is 5.35. The highest BCUT2D eigenvalue weighted by molar-refractivity contribution is 6.40. The van der Waals surface area contributed by atoms with Crippen LogP contribution in [0.3, 0.4) is 0 Å². The fraction of sp³-hybridized carbons (Fsp3) is 0.158. The number of benzene rings is 2. The minimum Gasteiger partial charge on any atom is -0.460 e. The number of esters is 1. The Hall–Kier alpha value is -3.28. The van der Waals surface area contributed by atoms with Crippen molar-refractivity contribution in [3.63, 3.8) is 0 Å². The van der Waals surface area contributed by atoms with Crippen LogP contribution in [-0.2, 0) is 16.1 Å². The maximum Gasteiger partial charge on any atom is 0.383 e. The average molecular weight is 336 g/mol. The molecule has 0 N–H and O–H groups in total. The number of carbonyl (C=O) groups excluding carboxylic acids is 3. The Bertz CT molecular complexity index is 944. The maximum absolute atomic E-state index is 12.6. The summed E-state index contributed by atoms with van der Waals surface area (Å²) in [6.45, 7) is 1.62. The topological polar surface area (TPSA) is 78.3 Å². The van der Waals surface area contributed by atoms with E-state index in [1.54, 1.807) is 55.5 Å². The van der Waals surface area contributed by atoms with Crippen LogP contribution in [0.4, 0.5) is 0 Å². The lowest BCUT2D eigenvalue weighted by molar-refractivity contribution is -0.137. The zero-order valence-electron chi connectivity index (χ0n) is 13.6. The average Bonchev–Trinajstić information content (AvgIpc) is 3.00. The van der Waals surface area contributed by atoms with Gasteiger partial charge in [-0.25, -0.2) is 9.78 Å². The summed E-state index contributed by atoms with van der Waals surface area (Å²) in [6, 6.07) is 15.8. The molecule has 1 heterocycles. The summed E-state index contributed by atoms with van der Waals surface area (Å²) in [5.74, 6) is -2.12. The number of Topliss-reactive ketones (excluding diaryl/α,β-unsaturated/α-hetero) is 2. The number of aromatic nitrogens is 2. The van der Waals surface area contributed by atoms with E-state index in [9.17, 15) is 14.4 Å². The Morgan fingerprint density at radius 1 is 1.00 bits per heavy atom. The quantitative estimate of drug-likeness (QED) is 0.393. The lowest BCUT2D eigenvalue weighted by Gasteiger charge is -2.08. The third kappa shape index (κ3) is 3.33. The normalized spacial score (nSPS) is 10.6. The molecule has 0 bridgehead atoms. The first-order chi connectivity index (χ1) is 12.1. The van der Waals surface area contributed by atoms with Crippen molar-refractivity contribution in [2.75, 3.05) is 6.61 Å². The van der Waals surface area contributed by atoms with Gasteiger partial charge in [0.1, 0.15) is 0 Å². The molecule has 25 heavy (non-hydrogen) atoms. The number of ketones is 2. The molecule has 0 saturated heterocycles. The summed E-state index contributed by atoms with van der Waals surface area (Å²) >= 11 is 0. The van der Waals surface area contributed by atoms with E-state index in [1.165, 1.54) is 4.57 Å². The molecule has 3 aromatic rings. The molecule has 0 spiro atoms. The third-order valence-corrected chi connectivity index (χ3v) is 3.72. The number of hydrogen-bond acceptors (Lipinski definition) is 5. The second kappa shape index (κ2) is 7.09. The molecular weight excluding hydrogens is 320 g/mol. The molecule has 0 saturated carbocycles. The van der Waals surface area contributed by atoms with Crippen LogP contribution in [0.25, 0.3) is 11.0 Å². The second-order valence-electron chi connectivity index (χ2n) is 5.35. The van der Waals surface area contributed by atoms with Gasteiger partial charge in [-0.15, -0.1) is 0 Å². The predicted molar refractivity (Wildman–Crippen MR) is 91.5 cm³/mol. The number of fused-ring (bicyclic) bond motifs is 1. The Morgan fingerprint density at radius 3 is 2.40 bits per heavy atom. The van der Waals surface area contributed by atoms with Gasteiger partial charge in [-0.1, -0.05) is 42.5 Å². The number of nitrogens with zero attached hydrogens (tertiary/aromatic N) is 2. The highest BCUT2D eigenvalue weighted by atomic mass is 16.5. The van der Waals surface area contributed by atoms with Gasteiger partial charge < -0.3 is 9.30 Å². The molecule has 2 aromatic carbocycles. The first-order valence-corrected chi connectivity index (χ1v) is 7.86. The van der Waals surface area contributed by atoms with Crippen LogP contribution < -0.4 is 0 Å². The minimum atomic E-state index is -0.980. The molecular formula is C19H16N2O4. The smallest absolute Gasteiger partial charge is 0.383 e. The van der Waals surface area contributed by atoms with E-state index in [2.05, 4.69) is 4.98 Å². The van der Waals surface area contributed by atoms with E-state index in [1.807, 2.05) is 6.07 Å². The SMILES string of the molecule is CCOC(=O)C(=O)c1nc2ccccc2n1CC(=O)c1ccccc1. The highest BCUT2D eigenvalue weighted by Gasteiger charge is 2.26. The van der Waals surface area contributed by atoms with E-state index in [-0.39, 0.29) is 24.8 Å². The summed E-state index contributed by atoms with van der Waals surface area (Å²) in [5.41, 5.74) is 1.67. The standard InChI is InChI=1S/C19H16N2O4/c1-2-25-19(24)17(23)18-20-14-10-6-7-11-15(14)21(18)12-16(22)13-8-4-3-5-9-13/h3-11H,2,12H2,1H3. The summed E-state index contributed by atoms with van der Waals surface area (Å²) < 4.78 is 6.23. The van der Waals surface area contributed by atoms with Crippen molar-refractivity contribution in [3.05, 3.63) is 66.0 Å². The molecule has 0 fully saturated rings. The third-order valence-electron chi connectivity index (χ3n) is 3.72. The largest absolute Gasteiger partial charge is 0.460 e. The number of hydrogen-bond donors (Lipinski definition) is 0. The number of rotatable bonds is 6. The Balaban J connectivity index is 2.03. The van der Waals surface area contributed by atoms with Gasteiger partial charge >= 0.3 is 11.8 Å². The van der Waals surface area contributed by atoms with Gasteiger partial charge in [-0.05, 0) is 19.1 Å². The molecule has 6 heteroatoms. The van der Waals surface area contributed by atoms with Gasteiger partial charge in [-0.3, -0.25) is 9.59 Å². The molecule has 3 rings (SSSR count). The molecule has 0 aliphatic heterocycles. The van der Waals surface area contributed by atoms with Crippen LogP contribution in [-0.4, -0.2) is 33.7 Å². The Kier molecular flexibility index (Phi) is 4.70. The predicted octanol–water partition coefficient (Wildman–Crippen LogP) is 2.67. The summed E-state index contributed by atoms with van der Waals surface area (Å²) in [4.78, 5) is 41.0. The maximum atomic E-state index is 12.6. The van der Waals surface area contributed by atoms with Crippen molar-refractivity contribution in [1.82, 2.24) is 9.55 Å². The fourth-order valence-electron chi connectivity index (χ4n) is 2.56. The number of ether oxygens (including phenoxy) is 1. The van der Waals surface area contributed by atoms with Crippen LogP contribution in [0.5, 0.6) is 0 Å². The van der Waals surface area contributed by atoms with Crippen molar-refractivity contribution in [2.24, 2.45) is 0 Å². The molecule has 6 nitrogen and oxygen atoms in total. The van der Waals surface area contributed by atoms with Gasteiger partial charge in [0.15, 0.2) is 11.6 Å².